The Bertz CT molecular complexity index is 569. The predicted molar refractivity (Wildman–Crippen MR) is 72.5 cm³/mol. The number of sulfonamides is 1. The summed E-state index contributed by atoms with van der Waals surface area (Å²) in [4.78, 5) is 11.8. The number of ether oxygens (including phenoxy) is 1. The van der Waals surface area contributed by atoms with Crippen LogP contribution in [-0.2, 0) is 19.6 Å². The first-order valence-electron chi connectivity index (χ1n) is 5.69. The molecule has 0 bridgehead atoms. The topological polar surface area (TPSA) is 84.5 Å². The highest BCUT2D eigenvalue weighted by Crippen LogP contribution is 2.20. The van der Waals surface area contributed by atoms with E-state index in [2.05, 4.69) is 10.0 Å². The third-order valence-corrected chi connectivity index (χ3v) is 4.18. The number of rotatable bonds is 5. The predicted octanol–water partition coefficient (Wildman–Crippen LogP) is 0.877. The maximum atomic E-state index is 11.7. The molecule has 1 aromatic rings. The van der Waals surface area contributed by atoms with Gasteiger partial charge in [0.2, 0.25) is 10.0 Å². The van der Waals surface area contributed by atoms with Gasteiger partial charge in [0.05, 0.1) is 4.90 Å². The molecular weight excluding hydrogens is 268 g/mol. The van der Waals surface area contributed by atoms with E-state index in [9.17, 15) is 13.2 Å². The van der Waals surface area contributed by atoms with Gasteiger partial charge in [-0.3, -0.25) is 4.79 Å². The summed E-state index contributed by atoms with van der Waals surface area (Å²) in [6.07, 6.45) is -0.607. The fourth-order valence-corrected chi connectivity index (χ4v) is 2.12. The number of hydrogen-bond donors (Lipinski definition) is 2. The number of aryl methyl sites for hydroxylation is 1. The summed E-state index contributed by atoms with van der Waals surface area (Å²) < 4.78 is 30.5. The molecule has 0 aromatic heterocycles. The number of hydrogen-bond acceptors (Lipinski definition) is 4. The van der Waals surface area contributed by atoms with Crippen molar-refractivity contribution in [1.82, 2.24) is 4.72 Å². The van der Waals surface area contributed by atoms with Crippen LogP contribution in [0.4, 0.5) is 5.69 Å². The molecule has 0 saturated carbocycles. The van der Waals surface area contributed by atoms with Crippen LogP contribution >= 0.6 is 0 Å². The lowest BCUT2D eigenvalue weighted by Crippen LogP contribution is -2.27. The molecule has 0 heterocycles. The van der Waals surface area contributed by atoms with Crippen LogP contribution in [0.3, 0.4) is 0 Å². The molecule has 0 spiro atoms. The van der Waals surface area contributed by atoms with Crippen LogP contribution in [0.25, 0.3) is 0 Å². The summed E-state index contributed by atoms with van der Waals surface area (Å²) >= 11 is 0. The Labute approximate surface area is 113 Å². The molecule has 0 aliphatic rings. The zero-order valence-electron chi connectivity index (χ0n) is 11.4. The van der Waals surface area contributed by atoms with Crippen LogP contribution in [0.15, 0.2) is 23.1 Å². The van der Waals surface area contributed by atoms with Gasteiger partial charge in [-0.15, -0.1) is 0 Å². The van der Waals surface area contributed by atoms with Crippen molar-refractivity contribution < 1.29 is 17.9 Å². The molecule has 19 heavy (non-hydrogen) atoms. The molecule has 1 rings (SSSR count). The molecule has 106 valence electrons. The number of carbonyl (C=O) groups excluding carboxylic acids is 1. The van der Waals surface area contributed by atoms with Gasteiger partial charge in [-0.25, -0.2) is 13.1 Å². The first kappa shape index (κ1) is 15.6. The first-order valence-corrected chi connectivity index (χ1v) is 7.18. The van der Waals surface area contributed by atoms with E-state index in [1.54, 1.807) is 19.9 Å². The summed E-state index contributed by atoms with van der Waals surface area (Å²) in [5, 5.41) is 2.64. The minimum atomic E-state index is -3.53. The average Bonchev–Trinajstić information content (AvgIpc) is 2.39. The maximum absolute atomic E-state index is 11.7. The SMILES string of the molecule is CNS(=O)(=O)c1ccc(C)c(NC(=O)C(C)OC)c1. The molecular formula is C12H18N2O4S. The Morgan fingerprint density at radius 3 is 2.53 bits per heavy atom. The molecule has 0 radical (unpaired) electrons. The van der Waals surface area contributed by atoms with Crippen LogP contribution in [0.5, 0.6) is 0 Å². The molecule has 0 saturated heterocycles. The summed E-state index contributed by atoms with van der Waals surface area (Å²) in [6.45, 7) is 3.39. The minimum absolute atomic E-state index is 0.0981. The standard InChI is InChI=1S/C12H18N2O4S/c1-8-5-6-10(19(16,17)13-3)7-11(8)14-12(15)9(2)18-4/h5-7,9,13H,1-4H3,(H,14,15). The number of carbonyl (C=O) groups is 1. The molecule has 1 unspecified atom stereocenters. The van der Waals surface area contributed by atoms with Crippen molar-refractivity contribution in [3.63, 3.8) is 0 Å². The van der Waals surface area contributed by atoms with Gasteiger partial charge in [-0.2, -0.15) is 0 Å². The normalized spacial score (nSPS) is 13.1. The minimum Gasteiger partial charge on any atom is -0.372 e. The number of anilines is 1. The monoisotopic (exact) mass is 286 g/mol. The van der Waals surface area contributed by atoms with Gasteiger partial charge in [0.25, 0.3) is 5.91 Å². The van der Waals surface area contributed by atoms with Gasteiger partial charge in [0.15, 0.2) is 0 Å². The Morgan fingerprint density at radius 1 is 1.37 bits per heavy atom. The molecule has 0 fully saturated rings. The summed E-state index contributed by atoms with van der Waals surface area (Å²) in [6, 6.07) is 4.54. The van der Waals surface area contributed by atoms with Crippen molar-refractivity contribution >= 4 is 21.6 Å². The Hall–Kier alpha value is -1.44. The zero-order valence-corrected chi connectivity index (χ0v) is 12.2. The fourth-order valence-electron chi connectivity index (χ4n) is 1.36. The lowest BCUT2D eigenvalue weighted by molar-refractivity contribution is -0.124. The summed E-state index contributed by atoms with van der Waals surface area (Å²) in [5.74, 6) is -0.329. The second kappa shape index (κ2) is 6.14. The summed E-state index contributed by atoms with van der Waals surface area (Å²) in [7, 11) is -0.768. The zero-order chi connectivity index (χ0) is 14.6. The first-order chi connectivity index (χ1) is 8.81. The van der Waals surface area contributed by atoms with Crippen molar-refractivity contribution in [2.45, 2.75) is 24.8 Å². The average molecular weight is 286 g/mol. The highest BCUT2D eigenvalue weighted by atomic mass is 32.2. The van der Waals surface area contributed by atoms with E-state index in [4.69, 9.17) is 4.74 Å². The van der Waals surface area contributed by atoms with E-state index < -0.39 is 16.1 Å². The van der Waals surface area contributed by atoms with Gasteiger partial charge in [0.1, 0.15) is 6.10 Å². The molecule has 0 aliphatic carbocycles. The van der Waals surface area contributed by atoms with Crippen LogP contribution < -0.4 is 10.0 Å². The second-order valence-electron chi connectivity index (χ2n) is 4.05. The van der Waals surface area contributed by atoms with E-state index in [-0.39, 0.29) is 10.8 Å². The number of amides is 1. The fraction of sp³-hybridized carbons (Fsp3) is 0.417. The quantitative estimate of drug-likeness (QED) is 0.841. The van der Waals surface area contributed by atoms with E-state index in [1.807, 2.05) is 0 Å². The third-order valence-electron chi connectivity index (χ3n) is 2.77. The van der Waals surface area contributed by atoms with Gasteiger partial charge < -0.3 is 10.1 Å². The number of nitrogens with one attached hydrogen (secondary N) is 2. The lowest BCUT2D eigenvalue weighted by Gasteiger charge is -2.13. The lowest BCUT2D eigenvalue weighted by atomic mass is 10.2. The number of benzene rings is 1. The van der Waals surface area contributed by atoms with Crippen LogP contribution in [0.2, 0.25) is 0 Å². The van der Waals surface area contributed by atoms with Crippen molar-refractivity contribution in [2.75, 3.05) is 19.5 Å². The molecule has 1 atom stereocenters. The molecule has 7 heteroatoms. The van der Waals surface area contributed by atoms with Gasteiger partial charge in [0, 0.05) is 12.8 Å². The molecule has 2 N–H and O–H groups in total. The van der Waals surface area contributed by atoms with Crippen LogP contribution in [0.1, 0.15) is 12.5 Å². The van der Waals surface area contributed by atoms with Crippen LogP contribution in [0, 0.1) is 6.92 Å². The van der Waals surface area contributed by atoms with E-state index in [0.717, 1.165) is 5.56 Å². The Balaban J connectivity index is 3.09. The smallest absolute Gasteiger partial charge is 0.253 e. The van der Waals surface area contributed by atoms with E-state index >= 15 is 0 Å². The van der Waals surface area contributed by atoms with Gasteiger partial charge in [-0.05, 0) is 38.6 Å². The van der Waals surface area contributed by atoms with E-state index in [0.29, 0.717) is 5.69 Å². The highest BCUT2D eigenvalue weighted by molar-refractivity contribution is 7.89. The summed E-state index contributed by atoms with van der Waals surface area (Å²) in [5.41, 5.74) is 1.22. The van der Waals surface area contributed by atoms with Crippen molar-refractivity contribution in [2.24, 2.45) is 0 Å². The maximum Gasteiger partial charge on any atom is 0.253 e. The van der Waals surface area contributed by atoms with Crippen molar-refractivity contribution in [1.29, 1.82) is 0 Å². The molecule has 6 nitrogen and oxygen atoms in total. The van der Waals surface area contributed by atoms with E-state index in [1.165, 1.54) is 26.3 Å². The second-order valence-corrected chi connectivity index (χ2v) is 5.94. The third kappa shape index (κ3) is 3.76. The van der Waals surface area contributed by atoms with Crippen LogP contribution in [-0.4, -0.2) is 34.6 Å². The van der Waals surface area contributed by atoms with Crippen molar-refractivity contribution in [3.05, 3.63) is 23.8 Å². The highest BCUT2D eigenvalue weighted by Gasteiger charge is 2.16. The molecule has 1 amide bonds. The Morgan fingerprint density at radius 2 is 2.00 bits per heavy atom. The molecule has 1 aromatic carbocycles. The van der Waals surface area contributed by atoms with Crippen molar-refractivity contribution in [3.8, 4) is 0 Å². The Kier molecular flexibility index (Phi) is 5.04. The van der Waals surface area contributed by atoms with Gasteiger partial charge in [-0.1, -0.05) is 6.07 Å². The number of methoxy groups -OCH3 is 1. The van der Waals surface area contributed by atoms with Gasteiger partial charge >= 0.3 is 0 Å². The largest absolute Gasteiger partial charge is 0.372 e. The molecule has 0 aliphatic heterocycles.